The van der Waals surface area contributed by atoms with Crippen molar-refractivity contribution in [2.24, 2.45) is 5.92 Å². The molecule has 1 aliphatic carbocycles. The second-order valence-corrected chi connectivity index (χ2v) is 9.82. The van der Waals surface area contributed by atoms with Gasteiger partial charge in [-0.2, -0.15) is 0 Å². The second kappa shape index (κ2) is 10.4. The number of rotatable bonds is 7. The average Bonchev–Trinajstić information content (AvgIpc) is 2.75. The highest BCUT2D eigenvalue weighted by atomic mass is 32.2. The fraction of sp³-hybridized carbons (Fsp3) is 0.458. The molecule has 7 heteroatoms. The molecule has 3 rings (SSSR count). The van der Waals surface area contributed by atoms with Crippen molar-refractivity contribution in [3.8, 4) is 5.75 Å². The maximum Gasteiger partial charge on any atom is 0.241 e. The number of Topliss-reactive ketones (excluding diaryl/α,β-unsaturated/α-hetero) is 1. The first-order valence-electron chi connectivity index (χ1n) is 10.6. The third-order valence-corrected chi connectivity index (χ3v) is 7.41. The smallest absolute Gasteiger partial charge is 0.241 e. The molecule has 31 heavy (non-hydrogen) atoms. The monoisotopic (exact) mass is 445 g/mol. The number of ether oxygens (including phenoxy) is 2. The molecule has 0 aliphatic heterocycles. The quantitative estimate of drug-likeness (QED) is 0.691. The number of benzene rings is 2. The lowest BCUT2D eigenvalue weighted by Crippen LogP contribution is -2.38. The summed E-state index contributed by atoms with van der Waals surface area (Å²) in [6.45, 7) is 1.91. The highest BCUT2D eigenvalue weighted by Gasteiger charge is 2.35. The van der Waals surface area contributed by atoms with Crippen molar-refractivity contribution < 1.29 is 22.7 Å². The molecular formula is C24H31NO5S. The molecule has 1 fully saturated rings. The van der Waals surface area contributed by atoms with Crippen LogP contribution in [0.25, 0.3) is 0 Å². The number of sulfonamides is 1. The van der Waals surface area contributed by atoms with E-state index in [0.717, 1.165) is 30.4 Å². The van der Waals surface area contributed by atoms with Crippen LogP contribution in [0.2, 0.25) is 0 Å². The third-order valence-electron chi connectivity index (χ3n) is 5.96. The zero-order chi connectivity index (χ0) is 22.4. The van der Waals surface area contributed by atoms with E-state index in [9.17, 15) is 13.2 Å². The van der Waals surface area contributed by atoms with Gasteiger partial charge in [-0.25, -0.2) is 13.1 Å². The van der Waals surface area contributed by atoms with Crippen LogP contribution in [0.1, 0.15) is 49.3 Å². The van der Waals surface area contributed by atoms with Gasteiger partial charge in [0.15, 0.2) is 0 Å². The van der Waals surface area contributed by atoms with Gasteiger partial charge in [-0.05, 0) is 49.6 Å². The molecule has 0 radical (unpaired) electrons. The predicted octanol–water partition coefficient (Wildman–Crippen LogP) is 4.19. The first-order chi connectivity index (χ1) is 14.8. The summed E-state index contributed by atoms with van der Waals surface area (Å²) in [5.41, 5.74) is 1.72. The number of hydrogen-bond donors (Lipinski definition) is 1. The Hall–Kier alpha value is -2.22. The van der Waals surface area contributed by atoms with Crippen LogP contribution in [-0.2, 0) is 19.6 Å². The zero-order valence-electron chi connectivity index (χ0n) is 18.3. The van der Waals surface area contributed by atoms with E-state index >= 15 is 0 Å². The normalized spacial score (nSPS) is 21.2. The molecule has 0 heterocycles. The fourth-order valence-electron chi connectivity index (χ4n) is 4.08. The van der Waals surface area contributed by atoms with E-state index < -0.39 is 22.0 Å². The van der Waals surface area contributed by atoms with Crippen molar-refractivity contribution >= 4 is 15.8 Å². The molecular weight excluding hydrogens is 414 g/mol. The van der Waals surface area contributed by atoms with E-state index in [-0.39, 0.29) is 16.8 Å². The summed E-state index contributed by atoms with van der Waals surface area (Å²) in [6, 6.07) is 13.2. The summed E-state index contributed by atoms with van der Waals surface area (Å²) < 4.78 is 39.9. The first-order valence-corrected chi connectivity index (χ1v) is 12.1. The van der Waals surface area contributed by atoms with Crippen LogP contribution in [0.15, 0.2) is 53.4 Å². The van der Waals surface area contributed by atoms with Crippen LogP contribution >= 0.6 is 0 Å². The van der Waals surface area contributed by atoms with E-state index in [0.29, 0.717) is 18.6 Å². The molecule has 168 valence electrons. The molecule has 0 aromatic heterocycles. The molecule has 2 aromatic rings. The molecule has 1 aliphatic rings. The van der Waals surface area contributed by atoms with Crippen LogP contribution in [0.3, 0.4) is 0 Å². The predicted molar refractivity (Wildman–Crippen MR) is 120 cm³/mol. The minimum atomic E-state index is -3.82. The van der Waals surface area contributed by atoms with Gasteiger partial charge in [0.25, 0.3) is 0 Å². The van der Waals surface area contributed by atoms with E-state index in [4.69, 9.17) is 9.47 Å². The number of carbonyl (C=O) groups is 1. The number of aryl methyl sites for hydroxylation is 1. The van der Waals surface area contributed by atoms with Crippen LogP contribution in [-0.4, -0.2) is 34.5 Å². The number of ketones is 1. The van der Waals surface area contributed by atoms with E-state index in [2.05, 4.69) is 4.72 Å². The Kier molecular flexibility index (Phi) is 7.86. The molecule has 6 nitrogen and oxygen atoms in total. The van der Waals surface area contributed by atoms with Gasteiger partial charge < -0.3 is 9.47 Å². The first kappa shape index (κ1) is 23.4. The molecule has 3 atom stereocenters. The fourth-order valence-corrected chi connectivity index (χ4v) is 5.34. The van der Waals surface area contributed by atoms with Crippen molar-refractivity contribution in [1.82, 2.24) is 4.72 Å². The third kappa shape index (κ3) is 5.93. The van der Waals surface area contributed by atoms with Gasteiger partial charge in [0.1, 0.15) is 11.5 Å². The van der Waals surface area contributed by atoms with Crippen molar-refractivity contribution in [2.45, 2.75) is 56.1 Å². The minimum absolute atomic E-state index is 0.0268. The summed E-state index contributed by atoms with van der Waals surface area (Å²) >= 11 is 0. The molecule has 0 amide bonds. The molecule has 0 spiro atoms. The van der Waals surface area contributed by atoms with Crippen LogP contribution < -0.4 is 9.46 Å². The van der Waals surface area contributed by atoms with Gasteiger partial charge >= 0.3 is 0 Å². The maximum absolute atomic E-state index is 13.2. The Labute approximate surface area is 185 Å². The van der Waals surface area contributed by atoms with Crippen molar-refractivity contribution in [1.29, 1.82) is 0 Å². The summed E-state index contributed by atoms with van der Waals surface area (Å²) in [4.78, 5) is 13.4. The summed E-state index contributed by atoms with van der Waals surface area (Å²) in [5, 5.41) is 0. The van der Waals surface area contributed by atoms with Crippen molar-refractivity contribution in [3.05, 3.63) is 59.7 Å². The number of nitrogens with one attached hydrogen (secondary N) is 1. The maximum atomic E-state index is 13.2. The number of carbonyl (C=O) groups excluding carboxylic acids is 1. The number of hydrogen-bond acceptors (Lipinski definition) is 5. The molecule has 3 unspecified atom stereocenters. The Morgan fingerprint density at radius 3 is 2.23 bits per heavy atom. The molecule has 0 bridgehead atoms. The summed E-state index contributed by atoms with van der Waals surface area (Å²) in [6.07, 6.45) is 3.43. The number of methoxy groups -OCH3 is 2. The minimum Gasteiger partial charge on any atom is -0.497 e. The summed E-state index contributed by atoms with van der Waals surface area (Å²) in [5.74, 6) is 0.234. The second-order valence-electron chi connectivity index (χ2n) is 8.10. The van der Waals surface area contributed by atoms with Gasteiger partial charge in [0.2, 0.25) is 10.0 Å². The topological polar surface area (TPSA) is 81.7 Å². The summed E-state index contributed by atoms with van der Waals surface area (Å²) in [7, 11) is -0.618. The molecule has 0 saturated heterocycles. The standard InChI is InChI=1S/C24H31NO5S/c1-17-8-14-21(15-9-17)31(27,28)25-24(18-10-12-19(29-2)13-11-18)22-7-5-4-6-20(30-3)16-23(22)26/h8-15,20,22,24-25H,4-7,16H2,1-3H3. The van der Waals surface area contributed by atoms with Gasteiger partial charge in [-0.15, -0.1) is 0 Å². The Balaban J connectivity index is 1.97. The molecule has 1 saturated carbocycles. The van der Waals surface area contributed by atoms with Gasteiger partial charge in [0, 0.05) is 19.4 Å². The van der Waals surface area contributed by atoms with Crippen LogP contribution in [0, 0.1) is 12.8 Å². The van der Waals surface area contributed by atoms with E-state index in [1.165, 1.54) is 0 Å². The van der Waals surface area contributed by atoms with E-state index in [1.54, 1.807) is 50.6 Å². The highest BCUT2D eigenvalue weighted by molar-refractivity contribution is 7.89. The lowest BCUT2D eigenvalue weighted by atomic mass is 9.81. The Morgan fingerprint density at radius 2 is 1.61 bits per heavy atom. The van der Waals surface area contributed by atoms with Crippen LogP contribution in [0.4, 0.5) is 0 Å². The lowest BCUT2D eigenvalue weighted by Gasteiger charge is -2.30. The van der Waals surface area contributed by atoms with Gasteiger partial charge in [-0.1, -0.05) is 42.7 Å². The molecule has 1 N–H and O–H groups in total. The Bertz CT molecular complexity index is 970. The van der Waals surface area contributed by atoms with Gasteiger partial charge in [0.05, 0.1) is 24.2 Å². The Morgan fingerprint density at radius 1 is 0.968 bits per heavy atom. The largest absolute Gasteiger partial charge is 0.497 e. The van der Waals surface area contributed by atoms with Crippen molar-refractivity contribution in [3.63, 3.8) is 0 Å². The lowest BCUT2D eigenvalue weighted by molar-refractivity contribution is -0.127. The van der Waals surface area contributed by atoms with Gasteiger partial charge in [-0.3, -0.25) is 4.79 Å². The molecule has 2 aromatic carbocycles. The highest BCUT2D eigenvalue weighted by Crippen LogP contribution is 2.33. The average molecular weight is 446 g/mol. The SMILES string of the molecule is COc1ccc(C(NS(=O)(=O)c2ccc(C)cc2)C2CCCCC(OC)CC2=O)cc1. The van der Waals surface area contributed by atoms with Crippen LogP contribution in [0.5, 0.6) is 5.75 Å². The van der Waals surface area contributed by atoms with E-state index in [1.807, 2.05) is 19.1 Å². The van der Waals surface area contributed by atoms with Crippen molar-refractivity contribution in [2.75, 3.05) is 14.2 Å². The zero-order valence-corrected chi connectivity index (χ0v) is 19.2.